The Morgan fingerprint density at radius 1 is 1.35 bits per heavy atom. The van der Waals surface area contributed by atoms with Crippen molar-refractivity contribution in [1.29, 1.82) is 0 Å². The van der Waals surface area contributed by atoms with Gasteiger partial charge in [0, 0.05) is 0 Å². The van der Waals surface area contributed by atoms with Crippen LogP contribution in [-0.4, -0.2) is 53.0 Å². The molecule has 2 N–H and O–H groups in total. The number of hydrogen-bond acceptors (Lipinski definition) is 6. The first-order valence-electron chi connectivity index (χ1n) is 5.71. The van der Waals surface area contributed by atoms with E-state index in [9.17, 15) is 9.90 Å². The third-order valence-electron chi connectivity index (χ3n) is 3.17. The molecule has 0 aliphatic carbocycles. The van der Waals surface area contributed by atoms with Gasteiger partial charge in [-0.05, 0) is 20.8 Å². The summed E-state index contributed by atoms with van der Waals surface area (Å²) in [5.41, 5.74) is 0. The second-order valence-corrected chi connectivity index (χ2v) is 5.00. The highest BCUT2D eigenvalue weighted by Gasteiger charge is 2.55. The molecule has 0 spiro atoms. The minimum atomic E-state index is -1.09. The van der Waals surface area contributed by atoms with Gasteiger partial charge in [0.05, 0.1) is 12.5 Å². The van der Waals surface area contributed by atoms with E-state index < -0.39 is 42.7 Å². The van der Waals surface area contributed by atoms with Gasteiger partial charge >= 0.3 is 5.97 Å². The van der Waals surface area contributed by atoms with Crippen molar-refractivity contribution in [2.24, 2.45) is 5.92 Å². The quantitative estimate of drug-likeness (QED) is 0.634. The molecule has 0 radical (unpaired) electrons. The van der Waals surface area contributed by atoms with Crippen LogP contribution in [0.2, 0.25) is 0 Å². The first-order valence-corrected chi connectivity index (χ1v) is 5.71. The molecule has 0 amide bonds. The summed E-state index contributed by atoms with van der Waals surface area (Å²) in [6.07, 6.45) is -2.96. The van der Waals surface area contributed by atoms with Crippen molar-refractivity contribution in [3.05, 3.63) is 0 Å². The predicted molar refractivity (Wildman–Crippen MR) is 56.0 cm³/mol. The van der Waals surface area contributed by atoms with E-state index in [2.05, 4.69) is 0 Å². The summed E-state index contributed by atoms with van der Waals surface area (Å²) in [6, 6.07) is 0. The monoisotopic (exact) mass is 246 g/mol. The average molecular weight is 246 g/mol. The van der Waals surface area contributed by atoms with Crippen LogP contribution in [0.3, 0.4) is 0 Å². The summed E-state index contributed by atoms with van der Waals surface area (Å²) in [4.78, 5) is 11.5. The second kappa shape index (κ2) is 4.20. The Morgan fingerprint density at radius 3 is 2.59 bits per heavy atom. The minimum Gasteiger partial charge on any atom is -0.456 e. The molecule has 2 rings (SSSR count). The Kier molecular flexibility index (Phi) is 3.15. The van der Waals surface area contributed by atoms with E-state index in [1.54, 1.807) is 20.8 Å². The number of aliphatic hydroxyl groups is 2. The molecule has 5 unspecified atom stereocenters. The molecule has 2 saturated heterocycles. The summed E-state index contributed by atoms with van der Waals surface area (Å²) in [6.45, 7) is 4.68. The highest BCUT2D eigenvalue weighted by Crippen LogP contribution is 2.38. The average Bonchev–Trinajstić information content (AvgIpc) is 2.53. The van der Waals surface area contributed by atoms with Crippen molar-refractivity contribution in [3.8, 4) is 0 Å². The van der Waals surface area contributed by atoms with Crippen LogP contribution in [0.1, 0.15) is 20.8 Å². The Bertz CT molecular complexity index is 315. The third kappa shape index (κ3) is 2.18. The van der Waals surface area contributed by atoms with Gasteiger partial charge in [0.2, 0.25) is 0 Å². The fraction of sp³-hybridized carbons (Fsp3) is 0.909. The summed E-state index contributed by atoms with van der Waals surface area (Å²) in [5.74, 6) is -1.67. The standard InChI is InChI=1S/C11H18O6/c1-5-7-9(15-10(5)14)8(6(13)4-12)17-11(2,3)16-7/h5-9,12-13H,4H2,1-3H3. The van der Waals surface area contributed by atoms with Gasteiger partial charge < -0.3 is 24.4 Å². The van der Waals surface area contributed by atoms with Crippen LogP contribution in [0, 0.1) is 5.92 Å². The second-order valence-electron chi connectivity index (χ2n) is 5.00. The molecule has 0 aromatic carbocycles. The lowest BCUT2D eigenvalue weighted by atomic mass is 9.95. The smallest absolute Gasteiger partial charge is 0.311 e. The van der Waals surface area contributed by atoms with Crippen LogP contribution in [-0.2, 0) is 19.0 Å². The van der Waals surface area contributed by atoms with Crippen molar-refractivity contribution < 1.29 is 29.2 Å². The largest absolute Gasteiger partial charge is 0.456 e. The molecule has 0 bridgehead atoms. The van der Waals surface area contributed by atoms with Gasteiger partial charge in [-0.2, -0.15) is 0 Å². The Morgan fingerprint density at radius 2 is 2.00 bits per heavy atom. The summed E-state index contributed by atoms with van der Waals surface area (Å²) >= 11 is 0. The van der Waals surface area contributed by atoms with Crippen molar-refractivity contribution >= 4 is 5.97 Å². The number of carbonyl (C=O) groups is 1. The zero-order chi connectivity index (χ0) is 12.8. The Balaban J connectivity index is 2.24. The van der Waals surface area contributed by atoms with Gasteiger partial charge in [0.25, 0.3) is 0 Å². The molecule has 0 saturated carbocycles. The number of rotatable bonds is 2. The lowest BCUT2D eigenvalue weighted by molar-refractivity contribution is -0.338. The molecule has 2 heterocycles. The molecule has 2 fully saturated rings. The van der Waals surface area contributed by atoms with E-state index in [-0.39, 0.29) is 5.97 Å². The van der Waals surface area contributed by atoms with Gasteiger partial charge in [-0.15, -0.1) is 0 Å². The van der Waals surface area contributed by atoms with Gasteiger partial charge in [-0.1, -0.05) is 0 Å². The first kappa shape index (κ1) is 12.8. The third-order valence-corrected chi connectivity index (χ3v) is 3.17. The van der Waals surface area contributed by atoms with E-state index in [4.69, 9.17) is 19.3 Å². The zero-order valence-corrected chi connectivity index (χ0v) is 10.1. The summed E-state index contributed by atoms with van der Waals surface area (Å²) in [7, 11) is 0. The zero-order valence-electron chi connectivity index (χ0n) is 10.1. The van der Waals surface area contributed by atoms with Crippen molar-refractivity contribution in [1.82, 2.24) is 0 Å². The normalized spacial score (nSPS) is 41.8. The maximum Gasteiger partial charge on any atom is 0.311 e. The Hall–Kier alpha value is -0.690. The number of aliphatic hydroxyl groups excluding tert-OH is 2. The highest BCUT2D eigenvalue weighted by molar-refractivity contribution is 5.75. The summed E-state index contributed by atoms with van der Waals surface area (Å²) < 4.78 is 16.3. The molecular weight excluding hydrogens is 228 g/mol. The minimum absolute atomic E-state index is 0.364. The van der Waals surface area contributed by atoms with Gasteiger partial charge in [0.1, 0.15) is 18.3 Å². The van der Waals surface area contributed by atoms with Gasteiger partial charge in [0.15, 0.2) is 11.9 Å². The van der Waals surface area contributed by atoms with Crippen LogP contribution in [0.5, 0.6) is 0 Å². The number of hydrogen-bond donors (Lipinski definition) is 2. The van der Waals surface area contributed by atoms with E-state index in [1.807, 2.05) is 0 Å². The topological polar surface area (TPSA) is 85.2 Å². The Labute approximate surface area is 99.5 Å². The number of carbonyl (C=O) groups excluding carboxylic acids is 1. The lowest BCUT2D eigenvalue weighted by Crippen LogP contribution is -2.58. The molecule has 0 aromatic rings. The van der Waals surface area contributed by atoms with Crippen molar-refractivity contribution in [2.45, 2.75) is 51.0 Å². The SMILES string of the molecule is CC1C(=O)OC2C(C(O)CO)OC(C)(C)OC12. The maximum absolute atomic E-state index is 11.5. The number of ether oxygens (including phenoxy) is 3. The molecule has 6 heteroatoms. The predicted octanol–water partition coefficient (Wildman–Crippen LogP) is -0.579. The number of fused-ring (bicyclic) bond motifs is 1. The van der Waals surface area contributed by atoms with Crippen LogP contribution in [0.25, 0.3) is 0 Å². The van der Waals surface area contributed by atoms with E-state index >= 15 is 0 Å². The van der Waals surface area contributed by atoms with E-state index in [1.165, 1.54) is 0 Å². The fourth-order valence-corrected chi connectivity index (χ4v) is 2.30. The van der Waals surface area contributed by atoms with Crippen LogP contribution >= 0.6 is 0 Å². The maximum atomic E-state index is 11.5. The molecule has 17 heavy (non-hydrogen) atoms. The first-order chi connectivity index (χ1) is 7.85. The highest BCUT2D eigenvalue weighted by atomic mass is 16.7. The number of esters is 1. The van der Waals surface area contributed by atoms with Crippen LogP contribution in [0.15, 0.2) is 0 Å². The van der Waals surface area contributed by atoms with Crippen molar-refractivity contribution in [2.75, 3.05) is 6.61 Å². The molecule has 0 aromatic heterocycles. The van der Waals surface area contributed by atoms with Crippen LogP contribution < -0.4 is 0 Å². The van der Waals surface area contributed by atoms with Crippen LogP contribution in [0.4, 0.5) is 0 Å². The van der Waals surface area contributed by atoms with Gasteiger partial charge in [-0.25, -0.2) is 0 Å². The molecule has 98 valence electrons. The molecule has 2 aliphatic heterocycles. The van der Waals surface area contributed by atoms with Crippen molar-refractivity contribution in [3.63, 3.8) is 0 Å². The van der Waals surface area contributed by atoms with E-state index in [0.717, 1.165) is 0 Å². The molecule has 2 aliphatic rings. The molecular formula is C11H18O6. The van der Waals surface area contributed by atoms with Gasteiger partial charge in [-0.3, -0.25) is 4.79 Å². The molecule has 5 atom stereocenters. The summed E-state index contributed by atoms with van der Waals surface area (Å²) in [5, 5.41) is 18.7. The van der Waals surface area contributed by atoms with E-state index in [0.29, 0.717) is 0 Å². The molecule has 6 nitrogen and oxygen atoms in total. The lowest BCUT2D eigenvalue weighted by Gasteiger charge is -2.43. The fourth-order valence-electron chi connectivity index (χ4n) is 2.30.